The van der Waals surface area contributed by atoms with Crippen molar-refractivity contribution in [2.24, 2.45) is 0 Å². The topological polar surface area (TPSA) is 63.6 Å². The second kappa shape index (κ2) is 6.30. The predicted molar refractivity (Wildman–Crippen MR) is 48.6 cm³/mol. The van der Waals surface area contributed by atoms with Gasteiger partial charge in [-0.25, -0.2) is 4.79 Å². The summed E-state index contributed by atoms with van der Waals surface area (Å²) in [5, 5.41) is 8.15. The summed E-state index contributed by atoms with van der Waals surface area (Å²) in [6, 6.07) is 0. The van der Waals surface area contributed by atoms with Gasteiger partial charge < -0.3 is 9.84 Å². The van der Waals surface area contributed by atoms with E-state index in [2.05, 4.69) is 4.74 Å². The largest absolute Gasteiger partial charge is 0.460 e. The molecule has 22 heavy (non-hydrogen) atoms. The van der Waals surface area contributed by atoms with Crippen LogP contribution in [0.5, 0.6) is 0 Å². The highest BCUT2D eigenvalue weighted by molar-refractivity contribution is 6.34. The van der Waals surface area contributed by atoms with Crippen LogP contribution in [-0.4, -0.2) is 54.0 Å². The average molecular weight is 350 g/mol. The molecule has 0 fully saturated rings. The van der Waals surface area contributed by atoms with Crippen LogP contribution in [0.1, 0.15) is 6.42 Å². The lowest BCUT2D eigenvalue weighted by Gasteiger charge is -2.33. The highest BCUT2D eigenvalue weighted by atomic mass is 19.4. The number of ketones is 1. The first kappa shape index (κ1) is 20.5. The number of carbonyl (C=O) groups is 2. The van der Waals surface area contributed by atoms with Gasteiger partial charge in [0.1, 0.15) is 6.61 Å². The summed E-state index contributed by atoms with van der Waals surface area (Å²) in [5.74, 6) is -23.3. The van der Waals surface area contributed by atoms with E-state index >= 15 is 0 Å². The molecule has 0 radical (unpaired) electrons. The Kier molecular flexibility index (Phi) is 5.86. The number of aliphatic hydroxyl groups is 1. The van der Waals surface area contributed by atoms with E-state index < -0.39 is 55.3 Å². The van der Waals surface area contributed by atoms with E-state index in [-0.39, 0.29) is 0 Å². The van der Waals surface area contributed by atoms with Gasteiger partial charge in [-0.05, 0) is 0 Å². The molecule has 0 aromatic rings. The van der Waals surface area contributed by atoms with E-state index in [0.717, 1.165) is 0 Å². The Bertz CT molecular complexity index is 429. The van der Waals surface area contributed by atoms with Crippen LogP contribution in [0.25, 0.3) is 0 Å². The molecular formula is C9H7F9O4. The van der Waals surface area contributed by atoms with Gasteiger partial charge in [-0.15, -0.1) is 0 Å². The van der Waals surface area contributed by atoms with Crippen LogP contribution in [0.15, 0.2) is 0 Å². The Morgan fingerprint density at radius 3 is 1.68 bits per heavy atom. The number of hydrogen-bond acceptors (Lipinski definition) is 4. The van der Waals surface area contributed by atoms with Gasteiger partial charge in [0.15, 0.2) is 0 Å². The number of ether oxygens (including phenoxy) is 1. The van der Waals surface area contributed by atoms with E-state index in [4.69, 9.17) is 5.11 Å². The fourth-order valence-electron chi connectivity index (χ4n) is 0.982. The maximum atomic E-state index is 12.9. The van der Waals surface area contributed by atoms with Gasteiger partial charge in [0, 0.05) is 0 Å². The number of alkyl halides is 9. The lowest BCUT2D eigenvalue weighted by molar-refractivity contribution is -0.397. The highest BCUT2D eigenvalue weighted by Gasteiger charge is 2.81. The van der Waals surface area contributed by atoms with E-state index in [1.165, 1.54) is 0 Å². The number of aliphatic hydroxyl groups excluding tert-OH is 1. The van der Waals surface area contributed by atoms with Crippen LogP contribution in [0.3, 0.4) is 0 Å². The normalized spacial score (nSPS) is 13.9. The van der Waals surface area contributed by atoms with Gasteiger partial charge in [0.2, 0.25) is 0 Å². The van der Waals surface area contributed by atoms with Gasteiger partial charge in [-0.2, -0.15) is 39.5 Å². The number of halogens is 9. The fourth-order valence-corrected chi connectivity index (χ4v) is 0.982. The molecule has 1 N–H and O–H groups in total. The first-order chi connectivity index (χ1) is 9.62. The molecule has 0 heterocycles. The van der Waals surface area contributed by atoms with Crippen LogP contribution in [0.2, 0.25) is 0 Å². The summed E-state index contributed by atoms with van der Waals surface area (Å²) in [6.45, 7) is -3.15. The summed E-state index contributed by atoms with van der Waals surface area (Å²) in [6.07, 6.45) is -9.35. The van der Waals surface area contributed by atoms with Crippen LogP contribution in [0.4, 0.5) is 39.5 Å². The van der Waals surface area contributed by atoms with E-state index in [1.807, 2.05) is 0 Å². The zero-order valence-corrected chi connectivity index (χ0v) is 10.2. The molecule has 0 aromatic carbocycles. The van der Waals surface area contributed by atoms with Gasteiger partial charge in [-0.1, -0.05) is 0 Å². The third-order valence-electron chi connectivity index (χ3n) is 2.23. The lowest BCUT2D eigenvalue weighted by atomic mass is 10.0. The monoisotopic (exact) mass is 350 g/mol. The third kappa shape index (κ3) is 3.81. The Morgan fingerprint density at radius 1 is 0.864 bits per heavy atom. The van der Waals surface area contributed by atoms with Gasteiger partial charge in [0.05, 0.1) is 13.0 Å². The first-order valence-corrected chi connectivity index (χ1v) is 5.13. The van der Waals surface area contributed by atoms with Crippen LogP contribution < -0.4 is 0 Å². The van der Waals surface area contributed by atoms with Crippen molar-refractivity contribution in [2.45, 2.75) is 30.4 Å². The lowest BCUT2D eigenvalue weighted by Crippen LogP contribution is -2.61. The summed E-state index contributed by atoms with van der Waals surface area (Å²) in [4.78, 5) is 21.0. The molecule has 0 saturated heterocycles. The molecule has 13 heteroatoms. The molecule has 4 nitrogen and oxygen atoms in total. The fraction of sp³-hybridized carbons (Fsp3) is 0.778. The Morgan fingerprint density at radius 2 is 1.32 bits per heavy atom. The molecule has 0 bridgehead atoms. The summed E-state index contributed by atoms with van der Waals surface area (Å²) in [5.41, 5.74) is 0. The zero-order chi connectivity index (χ0) is 18.0. The molecule has 0 aromatic heterocycles. The molecule has 0 aliphatic rings. The average Bonchev–Trinajstić information content (AvgIpc) is 2.35. The minimum atomic E-state index is -7.03. The van der Waals surface area contributed by atoms with Crippen LogP contribution in [0, 0.1) is 0 Å². The maximum Gasteiger partial charge on any atom is 0.460 e. The van der Waals surface area contributed by atoms with Crippen LogP contribution >= 0.6 is 0 Å². The minimum Gasteiger partial charge on any atom is -0.460 e. The molecule has 0 aliphatic carbocycles. The Hall–Kier alpha value is -1.53. The Labute approximate surface area is 115 Å². The molecular weight excluding hydrogens is 343 g/mol. The van der Waals surface area contributed by atoms with E-state index in [0.29, 0.717) is 0 Å². The number of hydrogen-bond donors (Lipinski definition) is 1. The van der Waals surface area contributed by atoms with Crippen molar-refractivity contribution >= 4 is 11.8 Å². The third-order valence-corrected chi connectivity index (χ3v) is 2.23. The maximum absolute atomic E-state index is 12.9. The number of rotatable bonds is 7. The summed E-state index contributed by atoms with van der Waals surface area (Å²) < 4.78 is 115. The standard InChI is InChI=1S/C9H7F9O4/c10-6(11,1-2-22-5(21)4(20)3-19)7(12,13)8(14,15)9(16,17)18/h19H,1-3H2. The number of esters is 1. The van der Waals surface area contributed by atoms with Crippen molar-refractivity contribution in [1.82, 2.24) is 0 Å². The first-order valence-electron chi connectivity index (χ1n) is 5.13. The Balaban J connectivity index is 5.00. The summed E-state index contributed by atoms with van der Waals surface area (Å²) >= 11 is 0. The van der Waals surface area contributed by atoms with Crippen molar-refractivity contribution < 1.29 is 58.9 Å². The molecule has 0 aliphatic heterocycles. The van der Waals surface area contributed by atoms with Crippen molar-refractivity contribution in [3.8, 4) is 0 Å². The minimum absolute atomic E-state index is 1.41. The molecule has 0 unspecified atom stereocenters. The van der Waals surface area contributed by atoms with Crippen molar-refractivity contribution in [3.63, 3.8) is 0 Å². The van der Waals surface area contributed by atoms with Crippen molar-refractivity contribution in [1.29, 1.82) is 0 Å². The van der Waals surface area contributed by atoms with Gasteiger partial charge in [-0.3, -0.25) is 4.79 Å². The molecule has 0 amide bonds. The second-order valence-corrected chi connectivity index (χ2v) is 3.82. The second-order valence-electron chi connectivity index (χ2n) is 3.82. The quantitative estimate of drug-likeness (QED) is 0.433. The molecule has 0 saturated carbocycles. The smallest absolute Gasteiger partial charge is 0.460 e. The number of Topliss-reactive ketones (excluding diaryl/α,β-unsaturated/α-hetero) is 1. The van der Waals surface area contributed by atoms with Gasteiger partial charge >= 0.3 is 29.9 Å². The SMILES string of the molecule is O=C(CO)C(=O)OCCC(F)(F)C(F)(F)C(F)(F)C(F)(F)F. The molecule has 130 valence electrons. The highest BCUT2D eigenvalue weighted by Crippen LogP contribution is 2.53. The molecule has 0 spiro atoms. The summed E-state index contributed by atoms with van der Waals surface area (Å²) in [7, 11) is 0. The van der Waals surface area contributed by atoms with Crippen molar-refractivity contribution in [3.05, 3.63) is 0 Å². The zero-order valence-electron chi connectivity index (χ0n) is 10.2. The number of carbonyl (C=O) groups excluding carboxylic acids is 2. The molecule has 0 rings (SSSR count). The molecule has 0 atom stereocenters. The van der Waals surface area contributed by atoms with Crippen molar-refractivity contribution in [2.75, 3.05) is 13.2 Å². The van der Waals surface area contributed by atoms with Gasteiger partial charge in [0.25, 0.3) is 5.78 Å². The van der Waals surface area contributed by atoms with E-state index in [9.17, 15) is 49.1 Å². The van der Waals surface area contributed by atoms with Crippen LogP contribution in [-0.2, 0) is 14.3 Å². The van der Waals surface area contributed by atoms with E-state index in [1.54, 1.807) is 0 Å². The predicted octanol–water partition coefficient (Wildman–Crippen LogP) is 1.95.